The first-order chi connectivity index (χ1) is 14.3. The summed E-state index contributed by atoms with van der Waals surface area (Å²) in [6.07, 6.45) is -1.40. The first-order valence-electron chi connectivity index (χ1n) is 9.16. The number of nitrogens with two attached hydrogens (primary N) is 1. The molecule has 15 heteroatoms. The number of amides is 1. The molecule has 0 radical (unpaired) electrons. The summed E-state index contributed by atoms with van der Waals surface area (Å²) in [4.78, 5) is 23.9. The number of rotatable bonds is 6. The lowest BCUT2D eigenvalue weighted by atomic mass is 10.1. The van der Waals surface area contributed by atoms with E-state index in [1.165, 1.54) is 17.2 Å². The third kappa shape index (κ3) is 3.94. The number of imidazole rings is 1. The van der Waals surface area contributed by atoms with Crippen molar-refractivity contribution in [1.29, 1.82) is 0 Å². The summed E-state index contributed by atoms with van der Waals surface area (Å²) in [6, 6.07) is -0.605. The van der Waals surface area contributed by atoms with Crippen LogP contribution < -0.4 is 15.8 Å². The van der Waals surface area contributed by atoms with Gasteiger partial charge in [-0.1, -0.05) is 0 Å². The molecule has 0 unspecified atom stereocenters. The monoisotopic (exact) mass is 443 g/mol. The lowest BCUT2D eigenvalue weighted by molar-refractivity contribution is -0.121. The van der Waals surface area contributed by atoms with Crippen LogP contribution in [0, 0.1) is 0 Å². The van der Waals surface area contributed by atoms with Crippen LogP contribution in [0.1, 0.15) is 19.1 Å². The number of anilines is 1. The zero-order valence-corrected chi connectivity index (χ0v) is 16.4. The highest BCUT2D eigenvalue weighted by Gasteiger charge is 2.45. The summed E-state index contributed by atoms with van der Waals surface area (Å²) in [5.41, 5.74) is 6.29. The van der Waals surface area contributed by atoms with E-state index in [2.05, 4.69) is 20.3 Å². The van der Waals surface area contributed by atoms with Crippen LogP contribution in [0.2, 0.25) is 0 Å². The molecule has 1 amide bonds. The van der Waals surface area contributed by atoms with Gasteiger partial charge in [0.25, 0.3) is 5.91 Å². The van der Waals surface area contributed by atoms with Crippen LogP contribution in [-0.4, -0.2) is 81.6 Å². The van der Waals surface area contributed by atoms with Crippen molar-refractivity contribution in [2.24, 2.45) is 0 Å². The number of carbonyl (C=O) groups excluding carboxylic acids is 1. The standard InChI is InChI=1S/C15H21N7O7S/c16-12-9-13(19-5-18-12)22(6-20-9)15-11(24)10(23)8(29-15)4-28-30(26,27)21-14(25)7-2-1-3-17-7/h5-8,10-11,15,17,23-24H,1-4H2,(H,21,25)(H2,16,18,19)/t7-,8-,10-,11+,15+/m0/s1. The number of aromatic nitrogens is 4. The molecule has 0 spiro atoms. The third-order valence-electron chi connectivity index (χ3n) is 4.99. The van der Waals surface area contributed by atoms with E-state index in [9.17, 15) is 23.4 Å². The molecular weight excluding hydrogens is 422 g/mol. The lowest BCUT2D eigenvalue weighted by Gasteiger charge is -2.16. The fraction of sp³-hybridized carbons (Fsp3) is 0.600. The molecule has 2 aromatic heterocycles. The van der Waals surface area contributed by atoms with Gasteiger partial charge in [-0.3, -0.25) is 13.5 Å². The molecule has 2 saturated heterocycles. The van der Waals surface area contributed by atoms with Crippen molar-refractivity contribution in [3.05, 3.63) is 12.7 Å². The fourth-order valence-corrected chi connectivity index (χ4v) is 4.20. The van der Waals surface area contributed by atoms with Crippen molar-refractivity contribution >= 4 is 33.2 Å². The average molecular weight is 443 g/mol. The van der Waals surface area contributed by atoms with Crippen LogP contribution in [0.4, 0.5) is 5.82 Å². The van der Waals surface area contributed by atoms with Crippen LogP contribution in [0.25, 0.3) is 11.2 Å². The largest absolute Gasteiger partial charge is 0.387 e. The number of hydrogen-bond donors (Lipinski definition) is 5. The second kappa shape index (κ2) is 8.01. The SMILES string of the molecule is Nc1ncnc2c1ncn2[C@@H]1O[C@@H](COS(=O)(=O)NC(=O)[C@@H]2CCCN2)[C@H](O)[C@H]1O. The highest BCUT2D eigenvalue weighted by molar-refractivity contribution is 7.85. The van der Waals surface area contributed by atoms with Gasteiger partial charge >= 0.3 is 10.3 Å². The molecule has 0 bridgehead atoms. The Balaban J connectivity index is 1.42. The van der Waals surface area contributed by atoms with Gasteiger partial charge in [-0.2, -0.15) is 8.42 Å². The summed E-state index contributed by atoms with van der Waals surface area (Å²) in [5.74, 6) is -0.592. The fourth-order valence-electron chi connectivity index (χ4n) is 3.44. The van der Waals surface area contributed by atoms with E-state index < -0.39 is 53.4 Å². The smallest absolute Gasteiger partial charge is 0.362 e. The number of aliphatic hydroxyl groups is 2. The number of carbonyl (C=O) groups is 1. The van der Waals surface area contributed by atoms with E-state index in [0.717, 1.165) is 6.42 Å². The van der Waals surface area contributed by atoms with Gasteiger partial charge in [0, 0.05) is 0 Å². The Labute approximate surface area is 170 Å². The average Bonchev–Trinajstić information content (AvgIpc) is 3.42. The van der Waals surface area contributed by atoms with Crippen LogP contribution in [0.5, 0.6) is 0 Å². The van der Waals surface area contributed by atoms with E-state index in [1.54, 1.807) is 0 Å². The zero-order chi connectivity index (χ0) is 21.5. The normalized spacial score (nSPS) is 29.5. The molecule has 2 fully saturated rings. The van der Waals surface area contributed by atoms with Gasteiger partial charge in [-0.15, -0.1) is 0 Å². The number of nitrogen functional groups attached to an aromatic ring is 1. The molecule has 0 aliphatic carbocycles. The molecule has 164 valence electrons. The van der Waals surface area contributed by atoms with Crippen molar-refractivity contribution < 1.29 is 32.3 Å². The molecule has 2 aliphatic heterocycles. The molecule has 4 rings (SSSR count). The third-order valence-corrected chi connectivity index (χ3v) is 5.89. The second-order valence-corrected chi connectivity index (χ2v) is 8.33. The van der Waals surface area contributed by atoms with Crippen molar-refractivity contribution in [2.75, 3.05) is 18.9 Å². The van der Waals surface area contributed by atoms with Gasteiger partial charge in [-0.25, -0.2) is 19.7 Å². The Morgan fingerprint density at radius 3 is 2.90 bits per heavy atom. The predicted molar refractivity (Wildman–Crippen MR) is 99.7 cm³/mol. The number of nitrogens with one attached hydrogen (secondary N) is 2. The van der Waals surface area contributed by atoms with Crippen molar-refractivity contribution in [3.8, 4) is 0 Å². The van der Waals surface area contributed by atoms with Gasteiger partial charge in [0.05, 0.1) is 19.0 Å². The van der Waals surface area contributed by atoms with Crippen LogP contribution in [0.3, 0.4) is 0 Å². The quantitative estimate of drug-likeness (QED) is 0.306. The summed E-state index contributed by atoms with van der Waals surface area (Å²) >= 11 is 0. The van der Waals surface area contributed by atoms with E-state index in [0.29, 0.717) is 13.0 Å². The predicted octanol–water partition coefficient (Wildman–Crippen LogP) is -2.84. The Kier molecular flexibility index (Phi) is 5.56. The Hall–Kier alpha value is -2.43. The second-order valence-electron chi connectivity index (χ2n) is 6.98. The number of nitrogens with zero attached hydrogens (tertiary/aromatic N) is 4. The van der Waals surface area contributed by atoms with Crippen molar-refractivity contribution in [2.45, 2.75) is 43.4 Å². The molecule has 4 heterocycles. The van der Waals surface area contributed by atoms with Gasteiger partial charge in [0.15, 0.2) is 17.7 Å². The van der Waals surface area contributed by atoms with E-state index in [-0.39, 0.29) is 17.0 Å². The molecule has 5 atom stereocenters. The van der Waals surface area contributed by atoms with Crippen LogP contribution in [0.15, 0.2) is 12.7 Å². The number of hydrogen-bond acceptors (Lipinski definition) is 12. The summed E-state index contributed by atoms with van der Waals surface area (Å²) in [7, 11) is -4.43. The molecule has 2 aliphatic rings. The molecular formula is C15H21N7O7S. The molecule has 30 heavy (non-hydrogen) atoms. The maximum Gasteiger partial charge on any atom is 0.362 e. The lowest BCUT2D eigenvalue weighted by Crippen LogP contribution is -2.44. The van der Waals surface area contributed by atoms with Crippen molar-refractivity contribution in [1.82, 2.24) is 29.6 Å². The highest BCUT2D eigenvalue weighted by Crippen LogP contribution is 2.32. The Morgan fingerprint density at radius 1 is 1.37 bits per heavy atom. The highest BCUT2D eigenvalue weighted by atomic mass is 32.2. The number of aliphatic hydroxyl groups excluding tert-OH is 2. The minimum absolute atomic E-state index is 0.130. The van der Waals surface area contributed by atoms with Gasteiger partial charge < -0.3 is 26.0 Å². The van der Waals surface area contributed by atoms with Crippen LogP contribution >= 0.6 is 0 Å². The molecule has 2 aromatic rings. The maximum atomic E-state index is 12.0. The topological polar surface area (TPSA) is 204 Å². The first kappa shape index (κ1) is 20.8. The molecule has 14 nitrogen and oxygen atoms in total. The summed E-state index contributed by atoms with van der Waals surface area (Å²) in [5, 5.41) is 23.5. The van der Waals surface area contributed by atoms with E-state index in [1.807, 2.05) is 4.72 Å². The Bertz CT molecular complexity index is 1040. The van der Waals surface area contributed by atoms with E-state index in [4.69, 9.17) is 14.7 Å². The zero-order valence-electron chi connectivity index (χ0n) is 15.6. The summed E-state index contributed by atoms with van der Waals surface area (Å²) in [6.45, 7) is -0.000929. The van der Waals surface area contributed by atoms with Crippen LogP contribution in [-0.2, 0) is 24.0 Å². The molecule has 0 saturated carbocycles. The minimum atomic E-state index is -4.43. The Morgan fingerprint density at radius 2 is 2.17 bits per heavy atom. The minimum Gasteiger partial charge on any atom is -0.387 e. The van der Waals surface area contributed by atoms with Gasteiger partial charge in [-0.05, 0) is 19.4 Å². The van der Waals surface area contributed by atoms with Gasteiger partial charge in [0.2, 0.25) is 0 Å². The number of fused-ring (bicyclic) bond motifs is 1. The van der Waals surface area contributed by atoms with Gasteiger partial charge in [0.1, 0.15) is 30.2 Å². The molecule has 0 aromatic carbocycles. The van der Waals surface area contributed by atoms with Crippen molar-refractivity contribution in [3.63, 3.8) is 0 Å². The van der Waals surface area contributed by atoms with E-state index >= 15 is 0 Å². The number of ether oxygens (including phenoxy) is 1. The maximum absolute atomic E-state index is 12.0. The molecule has 6 N–H and O–H groups in total. The summed E-state index contributed by atoms with van der Waals surface area (Å²) < 4.78 is 37.6. The first-order valence-corrected chi connectivity index (χ1v) is 10.6.